The van der Waals surface area contributed by atoms with Gasteiger partial charge in [0.25, 0.3) is 0 Å². The minimum absolute atomic E-state index is 0.0765. The maximum absolute atomic E-state index is 9.72. The maximum atomic E-state index is 9.72. The SMILES string of the molecule is Cc1oc(Cl)c(C)c1-c1c(-c2ccc(O)cc2)c2ccccc2n1C(N)=NO. The Labute approximate surface area is 166 Å². The highest BCUT2D eigenvalue weighted by atomic mass is 35.5. The van der Waals surface area contributed by atoms with Crippen LogP contribution < -0.4 is 5.73 Å². The molecule has 0 aliphatic rings. The molecule has 0 bridgehead atoms. The summed E-state index contributed by atoms with van der Waals surface area (Å²) in [7, 11) is 0. The van der Waals surface area contributed by atoms with E-state index in [1.807, 2.05) is 50.2 Å². The highest BCUT2D eigenvalue weighted by Gasteiger charge is 2.27. The fourth-order valence-electron chi connectivity index (χ4n) is 3.65. The zero-order valence-corrected chi connectivity index (χ0v) is 16.0. The van der Waals surface area contributed by atoms with Crippen LogP contribution in [0.4, 0.5) is 0 Å². The molecule has 6 nitrogen and oxygen atoms in total. The highest BCUT2D eigenvalue weighted by Crippen LogP contribution is 2.45. The van der Waals surface area contributed by atoms with E-state index in [9.17, 15) is 10.3 Å². The van der Waals surface area contributed by atoms with E-state index >= 15 is 0 Å². The molecule has 0 saturated carbocycles. The third-order valence-corrected chi connectivity index (χ3v) is 5.22. The number of rotatable bonds is 2. The maximum Gasteiger partial charge on any atom is 0.242 e. The van der Waals surface area contributed by atoms with Crippen LogP contribution in [0.2, 0.25) is 5.22 Å². The van der Waals surface area contributed by atoms with Crippen LogP contribution in [0.1, 0.15) is 11.3 Å². The molecule has 2 heterocycles. The molecule has 7 heteroatoms. The molecule has 2 aromatic carbocycles. The van der Waals surface area contributed by atoms with Gasteiger partial charge in [0.05, 0.1) is 11.2 Å². The largest absolute Gasteiger partial charge is 0.508 e. The van der Waals surface area contributed by atoms with Crippen LogP contribution in [-0.4, -0.2) is 20.8 Å². The van der Waals surface area contributed by atoms with E-state index in [1.54, 1.807) is 16.7 Å². The van der Waals surface area contributed by atoms with Gasteiger partial charge in [-0.3, -0.25) is 4.57 Å². The number of nitrogens with two attached hydrogens (primary N) is 1. The Morgan fingerprint density at radius 1 is 1.07 bits per heavy atom. The molecular formula is C21H18ClN3O3. The molecular weight excluding hydrogens is 378 g/mol. The molecule has 4 aromatic rings. The molecule has 0 spiro atoms. The normalized spacial score (nSPS) is 12.0. The molecule has 0 fully saturated rings. The van der Waals surface area contributed by atoms with Crippen LogP contribution in [0, 0.1) is 13.8 Å². The molecule has 2 aromatic heterocycles. The molecule has 0 amide bonds. The minimum atomic E-state index is -0.0765. The fraction of sp³-hybridized carbons (Fsp3) is 0.0952. The first-order chi connectivity index (χ1) is 13.4. The number of nitrogens with zero attached hydrogens (tertiary/aromatic N) is 2. The van der Waals surface area contributed by atoms with E-state index in [1.165, 1.54) is 0 Å². The lowest BCUT2D eigenvalue weighted by Crippen LogP contribution is -2.23. The van der Waals surface area contributed by atoms with E-state index in [4.69, 9.17) is 21.8 Å². The lowest BCUT2D eigenvalue weighted by molar-refractivity contribution is 0.316. The van der Waals surface area contributed by atoms with Gasteiger partial charge in [0.2, 0.25) is 5.96 Å². The number of aromatic hydroxyl groups is 1. The smallest absolute Gasteiger partial charge is 0.242 e. The van der Waals surface area contributed by atoms with Crippen molar-refractivity contribution in [2.24, 2.45) is 10.9 Å². The van der Waals surface area contributed by atoms with Crippen LogP contribution in [0.15, 0.2) is 58.1 Å². The summed E-state index contributed by atoms with van der Waals surface area (Å²) in [6, 6.07) is 14.6. The number of furan rings is 1. The second-order valence-electron chi connectivity index (χ2n) is 6.51. The van der Waals surface area contributed by atoms with Gasteiger partial charge in [0, 0.05) is 22.1 Å². The van der Waals surface area contributed by atoms with Crippen molar-refractivity contribution < 1.29 is 14.7 Å². The number of oxime groups is 1. The molecule has 4 rings (SSSR count). The molecule has 4 N–H and O–H groups in total. The van der Waals surface area contributed by atoms with Gasteiger partial charge in [-0.25, -0.2) is 0 Å². The number of phenols is 1. The number of benzene rings is 2. The van der Waals surface area contributed by atoms with Crippen LogP contribution in [0.3, 0.4) is 0 Å². The predicted octanol–water partition coefficient (Wildman–Crippen LogP) is 5.10. The summed E-state index contributed by atoms with van der Waals surface area (Å²) in [5.74, 6) is 0.717. The van der Waals surface area contributed by atoms with Crippen molar-refractivity contribution in [2.75, 3.05) is 0 Å². The van der Waals surface area contributed by atoms with Gasteiger partial charge in [0.15, 0.2) is 5.22 Å². The second kappa shape index (κ2) is 6.65. The minimum Gasteiger partial charge on any atom is -0.508 e. The third kappa shape index (κ3) is 2.61. The number of hydrogen-bond donors (Lipinski definition) is 3. The molecule has 142 valence electrons. The molecule has 0 atom stereocenters. The van der Waals surface area contributed by atoms with Gasteiger partial charge in [-0.15, -0.1) is 0 Å². The number of halogens is 1. The van der Waals surface area contributed by atoms with Crippen molar-refractivity contribution in [3.8, 4) is 28.1 Å². The predicted molar refractivity (Wildman–Crippen MR) is 110 cm³/mol. The Hall–Kier alpha value is -3.38. The van der Waals surface area contributed by atoms with Crippen molar-refractivity contribution in [3.05, 3.63) is 65.1 Å². The number of hydrogen-bond acceptors (Lipinski definition) is 4. The standard InChI is InChI=1S/C21H18ClN3O3/c1-11-17(12(2)28-20(11)22)19-18(13-7-9-14(26)10-8-13)15-5-3-4-6-16(15)25(19)21(23)24-27/h3-10,26-27H,1-2H3,(H2,23,24). The highest BCUT2D eigenvalue weighted by molar-refractivity contribution is 6.30. The average Bonchev–Trinajstić information content (AvgIpc) is 3.15. The summed E-state index contributed by atoms with van der Waals surface area (Å²) < 4.78 is 7.32. The van der Waals surface area contributed by atoms with E-state index in [0.29, 0.717) is 16.7 Å². The zero-order chi connectivity index (χ0) is 20.0. The fourth-order valence-corrected chi connectivity index (χ4v) is 3.86. The first-order valence-corrected chi connectivity index (χ1v) is 8.98. The molecule has 0 radical (unpaired) electrons. The van der Waals surface area contributed by atoms with Gasteiger partial charge >= 0.3 is 0 Å². The summed E-state index contributed by atoms with van der Waals surface area (Å²) in [6.45, 7) is 3.69. The lowest BCUT2D eigenvalue weighted by atomic mass is 9.97. The quantitative estimate of drug-likeness (QED) is 0.190. The van der Waals surface area contributed by atoms with Crippen molar-refractivity contribution in [2.45, 2.75) is 13.8 Å². The first kappa shape index (κ1) is 18.0. The van der Waals surface area contributed by atoms with Crippen LogP contribution in [0.25, 0.3) is 33.3 Å². The van der Waals surface area contributed by atoms with E-state index in [0.717, 1.165) is 33.2 Å². The third-order valence-electron chi connectivity index (χ3n) is 4.86. The number of aryl methyl sites for hydroxylation is 1. The van der Waals surface area contributed by atoms with Crippen molar-refractivity contribution >= 4 is 28.5 Å². The average molecular weight is 396 g/mol. The molecule has 0 saturated heterocycles. The van der Waals surface area contributed by atoms with E-state index < -0.39 is 0 Å². The Kier molecular flexibility index (Phi) is 4.28. The zero-order valence-electron chi connectivity index (χ0n) is 15.3. The number of para-hydroxylation sites is 1. The van der Waals surface area contributed by atoms with Gasteiger partial charge in [-0.1, -0.05) is 35.5 Å². The molecule has 28 heavy (non-hydrogen) atoms. The van der Waals surface area contributed by atoms with Crippen molar-refractivity contribution in [3.63, 3.8) is 0 Å². The molecule has 0 aliphatic heterocycles. The van der Waals surface area contributed by atoms with E-state index in [2.05, 4.69) is 5.16 Å². The van der Waals surface area contributed by atoms with Crippen LogP contribution in [-0.2, 0) is 0 Å². The summed E-state index contributed by atoms with van der Waals surface area (Å²) in [5.41, 5.74) is 10.8. The van der Waals surface area contributed by atoms with Crippen molar-refractivity contribution in [1.82, 2.24) is 4.57 Å². The van der Waals surface area contributed by atoms with Crippen LogP contribution >= 0.6 is 11.6 Å². The Morgan fingerprint density at radius 3 is 2.36 bits per heavy atom. The lowest BCUT2D eigenvalue weighted by Gasteiger charge is -2.12. The van der Waals surface area contributed by atoms with Gasteiger partial charge in [-0.05, 0) is 49.2 Å². The first-order valence-electron chi connectivity index (χ1n) is 8.60. The van der Waals surface area contributed by atoms with Gasteiger partial charge < -0.3 is 20.5 Å². The van der Waals surface area contributed by atoms with Gasteiger partial charge in [0.1, 0.15) is 11.5 Å². The Balaban J connectivity index is 2.23. The monoisotopic (exact) mass is 395 g/mol. The number of aromatic nitrogens is 1. The summed E-state index contributed by atoms with van der Waals surface area (Å²) >= 11 is 6.25. The molecule has 0 unspecified atom stereocenters. The topological polar surface area (TPSA) is 96.9 Å². The van der Waals surface area contributed by atoms with E-state index in [-0.39, 0.29) is 11.7 Å². The second-order valence-corrected chi connectivity index (χ2v) is 6.86. The summed E-state index contributed by atoms with van der Waals surface area (Å²) in [6.07, 6.45) is 0. The number of phenolic OH excluding ortho intramolecular Hbond substituents is 1. The number of fused-ring (bicyclic) bond motifs is 1. The van der Waals surface area contributed by atoms with Crippen molar-refractivity contribution in [1.29, 1.82) is 0 Å². The molecule has 0 aliphatic carbocycles. The summed E-state index contributed by atoms with van der Waals surface area (Å²) in [4.78, 5) is 0. The summed E-state index contributed by atoms with van der Waals surface area (Å²) in [5, 5.41) is 23.6. The Morgan fingerprint density at radius 2 is 1.75 bits per heavy atom. The van der Waals surface area contributed by atoms with Gasteiger partial charge in [-0.2, -0.15) is 0 Å². The van der Waals surface area contributed by atoms with Crippen LogP contribution in [0.5, 0.6) is 5.75 Å². The Bertz CT molecular complexity index is 1220.